The van der Waals surface area contributed by atoms with Crippen molar-refractivity contribution < 1.29 is 8.42 Å². The van der Waals surface area contributed by atoms with Crippen LogP contribution in [0.5, 0.6) is 0 Å². The summed E-state index contributed by atoms with van der Waals surface area (Å²) in [6, 6.07) is 3.82. The molecule has 0 amide bonds. The Morgan fingerprint density at radius 1 is 1.33 bits per heavy atom. The second-order valence-electron chi connectivity index (χ2n) is 5.65. The molecule has 0 unspecified atom stereocenters. The Morgan fingerprint density at radius 2 is 2.00 bits per heavy atom. The standard InChI is InChI=1S/C14H24N4O2S/c1-12(2)17(3)21(19,20)16-11-13-6-7-14(15-10-13)18-8-4-5-9-18/h6-7,10,12,16H,4-5,8-9,11H2,1-3H3. The van der Waals surface area contributed by atoms with Crippen LogP contribution in [0.1, 0.15) is 32.3 Å². The molecule has 0 aromatic carbocycles. The molecule has 0 aliphatic carbocycles. The van der Waals surface area contributed by atoms with E-state index >= 15 is 0 Å². The highest BCUT2D eigenvalue weighted by atomic mass is 32.2. The van der Waals surface area contributed by atoms with Gasteiger partial charge in [0, 0.05) is 38.9 Å². The van der Waals surface area contributed by atoms with E-state index in [-0.39, 0.29) is 12.6 Å². The summed E-state index contributed by atoms with van der Waals surface area (Å²) in [5, 5.41) is 0. The third kappa shape index (κ3) is 4.15. The lowest BCUT2D eigenvalue weighted by atomic mass is 10.3. The summed E-state index contributed by atoms with van der Waals surface area (Å²) in [6.45, 7) is 6.04. The van der Waals surface area contributed by atoms with Crippen LogP contribution in [0.25, 0.3) is 0 Å². The van der Waals surface area contributed by atoms with Crippen LogP contribution >= 0.6 is 0 Å². The molecule has 6 nitrogen and oxygen atoms in total. The number of hydrogen-bond acceptors (Lipinski definition) is 4. The molecule has 1 fully saturated rings. The summed E-state index contributed by atoms with van der Waals surface area (Å²) in [5.41, 5.74) is 0.860. The van der Waals surface area contributed by atoms with E-state index in [1.165, 1.54) is 17.1 Å². The first-order valence-electron chi connectivity index (χ1n) is 7.32. The second kappa shape index (κ2) is 6.72. The zero-order valence-corrected chi connectivity index (χ0v) is 13.7. The van der Waals surface area contributed by atoms with Crippen molar-refractivity contribution in [2.75, 3.05) is 25.0 Å². The lowest BCUT2D eigenvalue weighted by Gasteiger charge is -2.21. The van der Waals surface area contributed by atoms with Gasteiger partial charge >= 0.3 is 0 Å². The third-order valence-corrected chi connectivity index (χ3v) is 5.49. The smallest absolute Gasteiger partial charge is 0.279 e. The molecule has 0 bridgehead atoms. The van der Waals surface area contributed by atoms with Gasteiger partial charge in [0.25, 0.3) is 10.2 Å². The monoisotopic (exact) mass is 312 g/mol. The molecule has 1 saturated heterocycles. The molecule has 0 saturated carbocycles. The number of nitrogens with zero attached hydrogens (tertiary/aromatic N) is 3. The van der Waals surface area contributed by atoms with Crippen LogP contribution in [0.3, 0.4) is 0 Å². The Morgan fingerprint density at radius 3 is 2.52 bits per heavy atom. The SMILES string of the molecule is CC(C)N(C)S(=O)(=O)NCc1ccc(N2CCCC2)nc1. The van der Waals surface area contributed by atoms with Crippen LogP contribution < -0.4 is 9.62 Å². The zero-order chi connectivity index (χ0) is 15.5. The molecule has 0 atom stereocenters. The van der Waals surface area contributed by atoms with Crippen molar-refractivity contribution in [3.63, 3.8) is 0 Å². The highest BCUT2D eigenvalue weighted by Crippen LogP contribution is 2.17. The summed E-state index contributed by atoms with van der Waals surface area (Å²) >= 11 is 0. The molecule has 0 spiro atoms. The Hall–Kier alpha value is -1.18. The van der Waals surface area contributed by atoms with Crippen LogP contribution in [-0.4, -0.2) is 43.9 Å². The number of nitrogens with one attached hydrogen (secondary N) is 1. The van der Waals surface area contributed by atoms with E-state index in [1.807, 2.05) is 26.0 Å². The van der Waals surface area contributed by atoms with Crippen LogP contribution in [0.2, 0.25) is 0 Å². The fraction of sp³-hybridized carbons (Fsp3) is 0.643. The summed E-state index contributed by atoms with van der Waals surface area (Å²) in [5.74, 6) is 0.971. The summed E-state index contributed by atoms with van der Waals surface area (Å²) in [7, 11) is -1.87. The van der Waals surface area contributed by atoms with E-state index in [2.05, 4.69) is 14.6 Å². The second-order valence-corrected chi connectivity index (χ2v) is 7.47. The van der Waals surface area contributed by atoms with Crippen molar-refractivity contribution in [2.24, 2.45) is 0 Å². The molecule has 1 aromatic heterocycles. The largest absolute Gasteiger partial charge is 0.357 e. The van der Waals surface area contributed by atoms with Gasteiger partial charge in [-0.25, -0.2) is 4.98 Å². The van der Waals surface area contributed by atoms with Gasteiger partial charge in [-0.2, -0.15) is 17.4 Å². The van der Waals surface area contributed by atoms with E-state index in [4.69, 9.17) is 0 Å². The van der Waals surface area contributed by atoms with E-state index in [9.17, 15) is 8.42 Å². The van der Waals surface area contributed by atoms with Gasteiger partial charge in [0.1, 0.15) is 5.82 Å². The lowest BCUT2D eigenvalue weighted by Crippen LogP contribution is -2.41. The fourth-order valence-corrected chi connectivity index (χ4v) is 3.32. The minimum atomic E-state index is -3.44. The predicted octanol–water partition coefficient (Wildman–Crippen LogP) is 1.36. The van der Waals surface area contributed by atoms with Gasteiger partial charge in [0.2, 0.25) is 0 Å². The molecular weight excluding hydrogens is 288 g/mol. The maximum atomic E-state index is 12.0. The highest BCUT2D eigenvalue weighted by Gasteiger charge is 2.19. The van der Waals surface area contributed by atoms with Gasteiger partial charge in [-0.1, -0.05) is 6.07 Å². The first kappa shape index (κ1) is 16.2. The molecule has 118 valence electrons. The molecule has 0 radical (unpaired) electrons. The topological polar surface area (TPSA) is 65.5 Å². The molecular formula is C14H24N4O2S. The zero-order valence-electron chi connectivity index (χ0n) is 12.9. The third-order valence-electron chi connectivity index (χ3n) is 3.80. The van der Waals surface area contributed by atoms with Gasteiger partial charge in [-0.3, -0.25) is 0 Å². The van der Waals surface area contributed by atoms with Gasteiger partial charge in [0.05, 0.1) is 0 Å². The molecule has 2 heterocycles. The fourth-order valence-electron chi connectivity index (χ4n) is 2.21. The average Bonchev–Trinajstić information content (AvgIpc) is 2.99. The first-order chi connectivity index (χ1) is 9.90. The van der Waals surface area contributed by atoms with E-state index in [1.54, 1.807) is 13.2 Å². The maximum absolute atomic E-state index is 12.0. The molecule has 1 aromatic rings. The summed E-state index contributed by atoms with van der Waals surface area (Å²) < 4.78 is 27.9. The average molecular weight is 312 g/mol. The molecule has 1 aliphatic rings. The molecule has 7 heteroatoms. The molecule has 21 heavy (non-hydrogen) atoms. The van der Waals surface area contributed by atoms with Crippen LogP contribution in [0.15, 0.2) is 18.3 Å². The first-order valence-corrected chi connectivity index (χ1v) is 8.76. The van der Waals surface area contributed by atoms with E-state index in [0.29, 0.717) is 0 Å². The quantitative estimate of drug-likeness (QED) is 0.861. The van der Waals surface area contributed by atoms with Gasteiger partial charge < -0.3 is 4.90 Å². The van der Waals surface area contributed by atoms with Crippen LogP contribution in [-0.2, 0) is 16.8 Å². The number of hydrogen-bond donors (Lipinski definition) is 1. The summed E-state index contributed by atoms with van der Waals surface area (Å²) in [6.07, 6.45) is 4.17. The van der Waals surface area contributed by atoms with Crippen molar-refractivity contribution >= 4 is 16.0 Å². The van der Waals surface area contributed by atoms with E-state index in [0.717, 1.165) is 24.5 Å². The highest BCUT2D eigenvalue weighted by molar-refractivity contribution is 7.87. The van der Waals surface area contributed by atoms with Crippen molar-refractivity contribution in [3.05, 3.63) is 23.9 Å². The number of rotatable bonds is 6. The predicted molar refractivity (Wildman–Crippen MR) is 84.3 cm³/mol. The Bertz CT molecular complexity index is 551. The van der Waals surface area contributed by atoms with Crippen molar-refractivity contribution in [2.45, 2.75) is 39.3 Å². The minimum absolute atomic E-state index is 0.0711. The van der Waals surface area contributed by atoms with Gasteiger partial charge in [0.15, 0.2) is 0 Å². The van der Waals surface area contributed by atoms with E-state index < -0.39 is 10.2 Å². The Kier molecular flexibility index (Phi) is 5.18. The number of aromatic nitrogens is 1. The van der Waals surface area contributed by atoms with Gasteiger partial charge in [-0.05, 0) is 38.3 Å². The minimum Gasteiger partial charge on any atom is -0.357 e. The van der Waals surface area contributed by atoms with Crippen LogP contribution in [0.4, 0.5) is 5.82 Å². The van der Waals surface area contributed by atoms with Crippen molar-refractivity contribution in [1.82, 2.24) is 14.0 Å². The maximum Gasteiger partial charge on any atom is 0.279 e. The van der Waals surface area contributed by atoms with Crippen molar-refractivity contribution in [1.29, 1.82) is 0 Å². The molecule has 1 N–H and O–H groups in total. The molecule has 2 rings (SSSR count). The van der Waals surface area contributed by atoms with Crippen molar-refractivity contribution in [3.8, 4) is 0 Å². The lowest BCUT2D eigenvalue weighted by molar-refractivity contribution is 0.402. The summed E-state index contributed by atoms with van der Waals surface area (Å²) in [4.78, 5) is 6.67. The Balaban J connectivity index is 1.94. The normalized spacial score (nSPS) is 16.1. The number of pyridine rings is 1. The van der Waals surface area contributed by atoms with Gasteiger partial charge in [-0.15, -0.1) is 0 Å². The Labute approximate surface area is 127 Å². The number of anilines is 1. The molecule has 1 aliphatic heterocycles. The van der Waals surface area contributed by atoms with Crippen LogP contribution in [0, 0.1) is 0 Å².